The summed E-state index contributed by atoms with van der Waals surface area (Å²) in [5, 5.41) is 3.32. The summed E-state index contributed by atoms with van der Waals surface area (Å²) in [4.78, 5) is 16.8. The van der Waals surface area contributed by atoms with E-state index in [-0.39, 0.29) is 5.91 Å². The molecular weight excluding hydrogens is 226 g/mol. The largest absolute Gasteiger partial charge is 0.337 e. The number of rotatable bonds is 5. The zero-order chi connectivity index (χ0) is 13.8. The van der Waals surface area contributed by atoms with E-state index in [1.807, 2.05) is 32.6 Å². The van der Waals surface area contributed by atoms with Gasteiger partial charge >= 0.3 is 0 Å². The summed E-state index contributed by atoms with van der Waals surface area (Å²) >= 11 is 0. The Labute approximate surface area is 111 Å². The SMILES string of the molecule is C=C(C)CN(CC)C(=O)C(C)(C)N1CCNCC1. The van der Waals surface area contributed by atoms with E-state index in [1.54, 1.807) is 0 Å². The van der Waals surface area contributed by atoms with E-state index in [4.69, 9.17) is 0 Å². The van der Waals surface area contributed by atoms with E-state index in [0.29, 0.717) is 6.54 Å². The van der Waals surface area contributed by atoms with Crippen LogP contribution in [0.1, 0.15) is 27.7 Å². The van der Waals surface area contributed by atoms with Crippen LogP contribution >= 0.6 is 0 Å². The Balaban J connectivity index is 2.74. The van der Waals surface area contributed by atoms with E-state index in [1.165, 1.54) is 0 Å². The summed E-state index contributed by atoms with van der Waals surface area (Å²) < 4.78 is 0. The third-order valence-electron chi connectivity index (χ3n) is 3.56. The summed E-state index contributed by atoms with van der Waals surface area (Å²) in [5.74, 6) is 0.204. The van der Waals surface area contributed by atoms with Crippen molar-refractivity contribution in [2.24, 2.45) is 0 Å². The molecule has 104 valence electrons. The fraction of sp³-hybridized carbons (Fsp3) is 0.786. The predicted molar refractivity (Wildman–Crippen MR) is 75.6 cm³/mol. The van der Waals surface area contributed by atoms with Gasteiger partial charge in [-0.2, -0.15) is 0 Å². The highest BCUT2D eigenvalue weighted by Gasteiger charge is 2.37. The number of nitrogens with zero attached hydrogens (tertiary/aromatic N) is 2. The first kappa shape index (κ1) is 15.2. The highest BCUT2D eigenvalue weighted by molar-refractivity contribution is 5.85. The number of amides is 1. The first-order valence-corrected chi connectivity index (χ1v) is 6.79. The lowest BCUT2D eigenvalue weighted by molar-refractivity contribution is -0.142. The van der Waals surface area contributed by atoms with Crippen LogP contribution in [-0.2, 0) is 4.79 Å². The quantitative estimate of drug-likeness (QED) is 0.745. The molecule has 0 bridgehead atoms. The lowest BCUT2D eigenvalue weighted by Crippen LogP contribution is -2.60. The van der Waals surface area contributed by atoms with Crippen molar-refractivity contribution in [2.75, 3.05) is 39.3 Å². The third-order valence-corrected chi connectivity index (χ3v) is 3.56. The maximum Gasteiger partial charge on any atom is 0.242 e. The average Bonchev–Trinajstić information content (AvgIpc) is 2.36. The van der Waals surface area contributed by atoms with E-state index in [0.717, 1.165) is 38.3 Å². The molecule has 1 rings (SSSR count). The van der Waals surface area contributed by atoms with Crippen LogP contribution in [0.5, 0.6) is 0 Å². The maximum absolute atomic E-state index is 12.7. The molecule has 0 spiro atoms. The Morgan fingerprint density at radius 1 is 1.39 bits per heavy atom. The van der Waals surface area contributed by atoms with Gasteiger partial charge in [0.05, 0.1) is 5.54 Å². The Morgan fingerprint density at radius 3 is 2.39 bits per heavy atom. The fourth-order valence-corrected chi connectivity index (χ4v) is 2.40. The average molecular weight is 253 g/mol. The molecule has 0 aromatic carbocycles. The zero-order valence-electron chi connectivity index (χ0n) is 12.3. The fourth-order valence-electron chi connectivity index (χ4n) is 2.40. The number of piperazine rings is 1. The van der Waals surface area contributed by atoms with Gasteiger partial charge in [0, 0.05) is 39.3 Å². The topological polar surface area (TPSA) is 35.6 Å². The molecular formula is C14H27N3O. The number of hydrogen-bond acceptors (Lipinski definition) is 3. The Bertz CT molecular complexity index is 306. The molecule has 0 saturated carbocycles. The van der Waals surface area contributed by atoms with Gasteiger partial charge in [-0.15, -0.1) is 0 Å². The predicted octanol–water partition coefficient (Wildman–Crippen LogP) is 1.09. The third kappa shape index (κ3) is 3.56. The Kier molecular flexibility index (Phi) is 5.35. The van der Waals surface area contributed by atoms with Crippen molar-refractivity contribution >= 4 is 5.91 Å². The molecule has 1 amide bonds. The monoisotopic (exact) mass is 253 g/mol. The summed E-state index contributed by atoms with van der Waals surface area (Å²) in [6.45, 7) is 17.1. The number of nitrogens with one attached hydrogen (secondary N) is 1. The summed E-state index contributed by atoms with van der Waals surface area (Å²) in [7, 11) is 0. The van der Waals surface area contributed by atoms with E-state index in [2.05, 4.69) is 16.8 Å². The van der Waals surface area contributed by atoms with Gasteiger partial charge in [0.15, 0.2) is 0 Å². The summed E-state index contributed by atoms with van der Waals surface area (Å²) in [5.41, 5.74) is 0.606. The standard InChI is InChI=1S/C14H27N3O/c1-6-16(11-12(2)3)13(18)14(4,5)17-9-7-15-8-10-17/h15H,2,6-11H2,1,3-5H3. The molecule has 0 unspecified atom stereocenters. The molecule has 0 aliphatic carbocycles. The van der Waals surface area contributed by atoms with E-state index in [9.17, 15) is 4.79 Å². The molecule has 1 fully saturated rings. The van der Waals surface area contributed by atoms with Crippen molar-refractivity contribution in [2.45, 2.75) is 33.2 Å². The number of carbonyl (C=O) groups excluding carboxylic acids is 1. The highest BCUT2D eigenvalue weighted by atomic mass is 16.2. The van der Waals surface area contributed by atoms with Crippen molar-refractivity contribution < 1.29 is 4.79 Å². The molecule has 1 aliphatic rings. The van der Waals surface area contributed by atoms with Gasteiger partial charge in [-0.3, -0.25) is 9.69 Å². The van der Waals surface area contributed by atoms with Crippen molar-refractivity contribution in [3.63, 3.8) is 0 Å². The minimum absolute atomic E-state index is 0.204. The molecule has 0 radical (unpaired) electrons. The van der Waals surface area contributed by atoms with Crippen LogP contribution < -0.4 is 5.32 Å². The van der Waals surface area contributed by atoms with Crippen LogP contribution in [0.4, 0.5) is 0 Å². The van der Waals surface area contributed by atoms with Crippen LogP contribution in [-0.4, -0.2) is 60.5 Å². The van der Waals surface area contributed by atoms with Crippen LogP contribution in [0.15, 0.2) is 12.2 Å². The molecule has 1 saturated heterocycles. The zero-order valence-corrected chi connectivity index (χ0v) is 12.3. The molecule has 4 nitrogen and oxygen atoms in total. The Morgan fingerprint density at radius 2 is 1.94 bits per heavy atom. The van der Waals surface area contributed by atoms with Gasteiger partial charge in [-0.25, -0.2) is 0 Å². The lowest BCUT2D eigenvalue weighted by Gasteiger charge is -2.42. The first-order chi connectivity index (χ1) is 8.39. The molecule has 1 N–H and O–H groups in total. The maximum atomic E-state index is 12.7. The molecule has 0 atom stereocenters. The number of carbonyl (C=O) groups is 1. The van der Waals surface area contributed by atoms with Crippen LogP contribution in [0, 0.1) is 0 Å². The van der Waals surface area contributed by atoms with Crippen LogP contribution in [0.25, 0.3) is 0 Å². The van der Waals surface area contributed by atoms with Crippen molar-refractivity contribution in [1.82, 2.24) is 15.1 Å². The van der Waals surface area contributed by atoms with Gasteiger partial charge in [-0.05, 0) is 27.7 Å². The normalized spacial score (nSPS) is 17.6. The number of likely N-dealkylation sites (N-methyl/N-ethyl adjacent to an activating group) is 1. The lowest BCUT2D eigenvalue weighted by atomic mass is 9.99. The minimum Gasteiger partial charge on any atom is -0.337 e. The highest BCUT2D eigenvalue weighted by Crippen LogP contribution is 2.19. The molecule has 0 aromatic heterocycles. The van der Waals surface area contributed by atoms with Crippen LogP contribution in [0.3, 0.4) is 0 Å². The Hall–Kier alpha value is -0.870. The number of hydrogen-bond donors (Lipinski definition) is 1. The second kappa shape index (κ2) is 6.34. The molecule has 1 heterocycles. The van der Waals surface area contributed by atoms with E-state index < -0.39 is 5.54 Å². The van der Waals surface area contributed by atoms with Gasteiger partial charge < -0.3 is 10.2 Å². The second-order valence-corrected chi connectivity index (χ2v) is 5.57. The molecule has 18 heavy (non-hydrogen) atoms. The van der Waals surface area contributed by atoms with Gasteiger partial charge in [0.2, 0.25) is 5.91 Å². The first-order valence-electron chi connectivity index (χ1n) is 6.79. The smallest absolute Gasteiger partial charge is 0.242 e. The van der Waals surface area contributed by atoms with Crippen LogP contribution in [0.2, 0.25) is 0 Å². The molecule has 1 aliphatic heterocycles. The van der Waals surface area contributed by atoms with Crippen molar-refractivity contribution in [1.29, 1.82) is 0 Å². The summed E-state index contributed by atoms with van der Waals surface area (Å²) in [6.07, 6.45) is 0. The summed E-state index contributed by atoms with van der Waals surface area (Å²) in [6, 6.07) is 0. The molecule has 4 heteroatoms. The molecule has 0 aromatic rings. The minimum atomic E-state index is -0.423. The van der Waals surface area contributed by atoms with Gasteiger partial charge in [0.1, 0.15) is 0 Å². The second-order valence-electron chi connectivity index (χ2n) is 5.57. The van der Waals surface area contributed by atoms with Gasteiger partial charge in [0.25, 0.3) is 0 Å². The van der Waals surface area contributed by atoms with Crippen molar-refractivity contribution in [3.05, 3.63) is 12.2 Å². The van der Waals surface area contributed by atoms with Gasteiger partial charge in [-0.1, -0.05) is 12.2 Å². The van der Waals surface area contributed by atoms with Crippen molar-refractivity contribution in [3.8, 4) is 0 Å². The van der Waals surface area contributed by atoms with E-state index >= 15 is 0 Å².